The quantitative estimate of drug-likeness (QED) is 0.748. The summed E-state index contributed by atoms with van der Waals surface area (Å²) in [5, 5.41) is 10.9. The number of rotatable bonds is 3. The summed E-state index contributed by atoms with van der Waals surface area (Å²) in [4.78, 5) is 32.0. The van der Waals surface area contributed by atoms with E-state index >= 15 is 0 Å². The second-order valence-electron chi connectivity index (χ2n) is 5.68. The summed E-state index contributed by atoms with van der Waals surface area (Å²) in [5.41, 5.74) is -0.551. The Kier molecular flexibility index (Phi) is 4.37. The van der Waals surface area contributed by atoms with Gasteiger partial charge in [-0.25, -0.2) is 18.6 Å². The number of amides is 1. The van der Waals surface area contributed by atoms with Crippen LogP contribution in [-0.2, 0) is 0 Å². The number of carbonyl (C=O) groups is 1. The van der Waals surface area contributed by atoms with Gasteiger partial charge in [0.2, 0.25) is 0 Å². The summed E-state index contributed by atoms with van der Waals surface area (Å²) < 4.78 is 29.1. The average Bonchev–Trinajstić information content (AvgIpc) is 2.57. The molecule has 1 aromatic carbocycles. The first kappa shape index (κ1) is 17.5. The lowest BCUT2D eigenvalue weighted by molar-refractivity contribution is 0.190. The smallest absolute Gasteiger partial charge is 0.405 e. The van der Waals surface area contributed by atoms with Gasteiger partial charge in [-0.15, -0.1) is 0 Å². The van der Waals surface area contributed by atoms with Gasteiger partial charge < -0.3 is 10.4 Å². The lowest BCUT2D eigenvalue weighted by atomic mass is 10.1. The van der Waals surface area contributed by atoms with Gasteiger partial charge >= 0.3 is 6.09 Å². The predicted octanol–water partition coefficient (Wildman–Crippen LogP) is 2.70. The third-order valence-corrected chi connectivity index (χ3v) is 3.97. The summed E-state index contributed by atoms with van der Waals surface area (Å²) in [6.07, 6.45) is 0.898. The Morgan fingerprint density at radius 2 is 2.00 bits per heavy atom. The number of carboxylic acid groups (broad SMARTS) is 1. The molecule has 0 bridgehead atoms. The zero-order valence-electron chi connectivity index (χ0n) is 13.8. The van der Waals surface area contributed by atoms with E-state index < -0.39 is 29.3 Å². The van der Waals surface area contributed by atoms with Crippen molar-refractivity contribution in [1.82, 2.24) is 19.9 Å². The van der Waals surface area contributed by atoms with Crippen molar-refractivity contribution in [2.24, 2.45) is 0 Å². The van der Waals surface area contributed by atoms with E-state index in [-0.39, 0.29) is 28.0 Å². The largest absolute Gasteiger partial charge is 0.465 e. The first-order chi connectivity index (χ1) is 12.3. The van der Waals surface area contributed by atoms with Crippen molar-refractivity contribution in [2.75, 3.05) is 0 Å². The van der Waals surface area contributed by atoms with Gasteiger partial charge in [-0.1, -0.05) is 6.07 Å². The van der Waals surface area contributed by atoms with Crippen LogP contribution in [0.25, 0.3) is 16.6 Å². The van der Waals surface area contributed by atoms with Gasteiger partial charge in [-0.3, -0.25) is 14.3 Å². The maximum Gasteiger partial charge on any atom is 0.405 e. The molecule has 2 aromatic heterocycles. The van der Waals surface area contributed by atoms with E-state index in [2.05, 4.69) is 15.3 Å². The van der Waals surface area contributed by atoms with E-state index in [1.54, 1.807) is 0 Å². The minimum absolute atomic E-state index is 0.00833. The number of pyridine rings is 1. The first-order valence-corrected chi connectivity index (χ1v) is 7.62. The van der Waals surface area contributed by atoms with Crippen LogP contribution in [0.1, 0.15) is 24.4 Å². The molecular weight excluding hydrogens is 346 g/mol. The number of aromatic nitrogens is 3. The van der Waals surface area contributed by atoms with Crippen LogP contribution in [0.2, 0.25) is 0 Å². The lowest BCUT2D eigenvalue weighted by Gasteiger charge is -2.19. The van der Waals surface area contributed by atoms with Crippen LogP contribution in [-0.4, -0.2) is 25.7 Å². The molecule has 0 aliphatic heterocycles. The van der Waals surface area contributed by atoms with E-state index in [1.807, 2.05) is 0 Å². The molecular formula is C17H14F2N4O3. The van der Waals surface area contributed by atoms with Gasteiger partial charge in [0.15, 0.2) is 0 Å². The molecule has 0 radical (unpaired) electrons. The van der Waals surface area contributed by atoms with E-state index in [0.29, 0.717) is 0 Å². The highest BCUT2D eigenvalue weighted by molar-refractivity contribution is 5.79. The van der Waals surface area contributed by atoms with Crippen LogP contribution in [0, 0.1) is 18.6 Å². The van der Waals surface area contributed by atoms with Crippen molar-refractivity contribution in [3.63, 3.8) is 0 Å². The summed E-state index contributed by atoms with van der Waals surface area (Å²) >= 11 is 0. The SMILES string of the molecule is Cc1c(F)cncc1-n1c([C@H](C)NC(=O)O)nc2cccc(F)c2c1=O. The number of hydrogen-bond donors (Lipinski definition) is 2. The Bertz CT molecular complexity index is 1080. The topological polar surface area (TPSA) is 97.1 Å². The lowest BCUT2D eigenvalue weighted by Crippen LogP contribution is -2.33. The van der Waals surface area contributed by atoms with Gasteiger partial charge in [0.25, 0.3) is 5.56 Å². The average molecular weight is 360 g/mol. The highest BCUT2D eigenvalue weighted by atomic mass is 19.1. The molecule has 26 heavy (non-hydrogen) atoms. The van der Waals surface area contributed by atoms with Gasteiger partial charge in [-0.2, -0.15) is 0 Å². The number of fused-ring (bicyclic) bond motifs is 1. The fraction of sp³-hybridized carbons (Fsp3) is 0.176. The molecule has 0 saturated heterocycles. The summed E-state index contributed by atoms with van der Waals surface area (Å²) in [7, 11) is 0. The first-order valence-electron chi connectivity index (χ1n) is 7.62. The number of nitrogens with one attached hydrogen (secondary N) is 1. The van der Waals surface area contributed by atoms with Gasteiger partial charge in [-0.05, 0) is 26.0 Å². The third-order valence-electron chi connectivity index (χ3n) is 3.97. The molecule has 0 saturated carbocycles. The Morgan fingerprint density at radius 1 is 1.27 bits per heavy atom. The van der Waals surface area contributed by atoms with E-state index in [9.17, 15) is 18.4 Å². The molecule has 0 unspecified atom stereocenters. The maximum absolute atomic E-state index is 14.2. The Morgan fingerprint density at radius 3 is 2.69 bits per heavy atom. The monoisotopic (exact) mass is 360 g/mol. The normalized spacial score (nSPS) is 12.2. The summed E-state index contributed by atoms with van der Waals surface area (Å²) in [5.74, 6) is -1.44. The van der Waals surface area contributed by atoms with E-state index in [4.69, 9.17) is 5.11 Å². The molecule has 0 aliphatic carbocycles. The third kappa shape index (κ3) is 2.87. The Balaban J connectivity index is 2.43. The minimum atomic E-state index is -1.33. The van der Waals surface area contributed by atoms with Crippen molar-refractivity contribution in [1.29, 1.82) is 0 Å². The highest BCUT2D eigenvalue weighted by Crippen LogP contribution is 2.22. The molecule has 1 atom stereocenters. The zero-order valence-corrected chi connectivity index (χ0v) is 13.8. The molecule has 0 spiro atoms. The van der Waals surface area contributed by atoms with Crippen molar-refractivity contribution >= 4 is 17.0 Å². The molecule has 1 amide bonds. The molecule has 3 aromatic rings. The van der Waals surface area contributed by atoms with Crippen LogP contribution in [0.5, 0.6) is 0 Å². The zero-order chi connectivity index (χ0) is 19.0. The Labute approximate surface area is 145 Å². The van der Waals surface area contributed by atoms with E-state index in [0.717, 1.165) is 16.8 Å². The minimum Gasteiger partial charge on any atom is -0.465 e. The molecule has 2 heterocycles. The fourth-order valence-corrected chi connectivity index (χ4v) is 2.69. The van der Waals surface area contributed by atoms with Crippen LogP contribution in [0.3, 0.4) is 0 Å². The molecule has 2 N–H and O–H groups in total. The number of halogens is 2. The number of benzene rings is 1. The molecule has 0 aliphatic rings. The van der Waals surface area contributed by atoms with Gasteiger partial charge in [0, 0.05) is 5.56 Å². The van der Waals surface area contributed by atoms with Crippen LogP contribution in [0.15, 0.2) is 35.4 Å². The fourth-order valence-electron chi connectivity index (χ4n) is 2.69. The van der Waals surface area contributed by atoms with Gasteiger partial charge in [0.05, 0.1) is 29.6 Å². The molecule has 134 valence electrons. The number of nitrogens with zero attached hydrogens (tertiary/aromatic N) is 3. The summed E-state index contributed by atoms with van der Waals surface area (Å²) in [6, 6.07) is 3.03. The molecule has 0 fully saturated rings. The Hall–Kier alpha value is -3.36. The molecule has 9 heteroatoms. The van der Waals surface area contributed by atoms with Crippen LogP contribution >= 0.6 is 0 Å². The van der Waals surface area contributed by atoms with Crippen molar-refractivity contribution < 1.29 is 18.7 Å². The number of hydrogen-bond acceptors (Lipinski definition) is 4. The standard InChI is InChI=1S/C17H14F2N4O3/c1-8-11(19)6-20-7-13(8)23-15(9(2)21-17(25)26)22-12-5-3-4-10(18)14(12)16(23)24/h3-7,9,21H,1-2H3,(H,25,26)/t9-/m0/s1. The van der Waals surface area contributed by atoms with Crippen molar-refractivity contribution in [3.8, 4) is 5.69 Å². The molecule has 3 rings (SSSR count). The van der Waals surface area contributed by atoms with Crippen molar-refractivity contribution in [2.45, 2.75) is 19.9 Å². The maximum atomic E-state index is 14.2. The predicted molar refractivity (Wildman–Crippen MR) is 89.4 cm³/mol. The highest BCUT2D eigenvalue weighted by Gasteiger charge is 2.22. The molecule has 7 nitrogen and oxygen atoms in total. The van der Waals surface area contributed by atoms with Crippen molar-refractivity contribution in [3.05, 3.63) is 64.0 Å². The van der Waals surface area contributed by atoms with E-state index in [1.165, 1.54) is 32.2 Å². The second-order valence-corrected chi connectivity index (χ2v) is 5.68. The van der Waals surface area contributed by atoms with Crippen LogP contribution in [0.4, 0.5) is 13.6 Å². The van der Waals surface area contributed by atoms with Gasteiger partial charge in [0.1, 0.15) is 22.8 Å². The van der Waals surface area contributed by atoms with Crippen LogP contribution < -0.4 is 10.9 Å². The second kappa shape index (κ2) is 6.51. The summed E-state index contributed by atoms with van der Waals surface area (Å²) in [6.45, 7) is 2.91.